The molecule has 0 aliphatic carbocycles. The van der Waals surface area contributed by atoms with Crippen LogP contribution in [0.1, 0.15) is 12.8 Å². The van der Waals surface area contributed by atoms with Crippen molar-refractivity contribution in [3.8, 4) is 6.07 Å². The quantitative estimate of drug-likeness (QED) is 0.353. The highest BCUT2D eigenvalue weighted by molar-refractivity contribution is 7.99. The molecule has 2 aromatic rings. The molecule has 108 valence electrons. The minimum atomic E-state index is -0.0978. The molecule has 0 unspecified atom stereocenters. The zero-order valence-corrected chi connectivity index (χ0v) is 13.0. The number of halogens is 1. The van der Waals surface area contributed by atoms with Gasteiger partial charge in [0.1, 0.15) is 0 Å². The van der Waals surface area contributed by atoms with Gasteiger partial charge in [0.25, 0.3) is 5.56 Å². The number of thioether (sulfide) groups is 1. The van der Waals surface area contributed by atoms with E-state index in [2.05, 4.69) is 17.6 Å². The predicted octanol–water partition coefficient (Wildman–Crippen LogP) is 3.63. The van der Waals surface area contributed by atoms with Crippen molar-refractivity contribution in [2.45, 2.75) is 24.5 Å². The first-order valence-corrected chi connectivity index (χ1v) is 7.84. The molecule has 0 saturated heterocycles. The fraction of sp³-hybridized carbons (Fsp3) is 0.267. The molecule has 0 bridgehead atoms. The van der Waals surface area contributed by atoms with Crippen molar-refractivity contribution in [1.82, 2.24) is 9.55 Å². The summed E-state index contributed by atoms with van der Waals surface area (Å²) in [5.74, 6) is 0.739. The Hall–Kier alpha value is -1.77. The second-order valence-electron chi connectivity index (χ2n) is 4.37. The van der Waals surface area contributed by atoms with Gasteiger partial charge in [-0.05, 0) is 24.6 Å². The highest BCUT2D eigenvalue weighted by Crippen LogP contribution is 2.21. The summed E-state index contributed by atoms with van der Waals surface area (Å²) in [5, 5.41) is 10.3. The van der Waals surface area contributed by atoms with Gasteiger partial charge in [-0.3, -0.25) is 9.36 Å². The molecule has 21 heavy (non-hydrogen) atoms. The third kappa shape index (κ3) is 3.66. The normalized spacial score (nSPS) is 10.5. The van der Waals surface area contributed by atoms with Gasteiger partial charge in [0, 0.05) is 23.7 Å². The molecule has 0 aliphatic rings. The van der Waals surface area contributed by atoms with Crippen molar-refractivity contribution < 1.29 is 0 Å². The van der Waals surface area contributed by atoms with E-state index in [1.807, 2.05) is 0 Å². The van der Waals surface area contributed by atoms with Gasteiger partial charge < -0.3 is 0 Å². The van der Waals surface area contributed by atoms with Gasteiger partial charge >= 0.3 is 0 Å². The number of aromatic nitrogens is 2. The number of hydrogen-bond acceptors (Lipinski definition) is 4. The van der Waals surface area contributed by atoms with E-state index >= 15 is 0 Å². The molecule has 1 heterocycles. The summed E-state index contributed by atoms with van der Waals surface area (Å²) in [4.78, 5) is 17.0. The summed E-state index contributed by atoms with van der Waals surface area (Å²) in [6, 6.07) is 7.17. The fourth-order valence-electron chi connectivity index (χ4n) is 1.89. The number of unbranched alkanes of at least 4 members (excludes halogenated alkanes) is 1. The highest BCUT2D eigenvalue weighted by Gasteiger charge is 2.11. The molecule has 4 nitrogen and oxygen atoms in total. The van der Waals surface area contributed by atoms with E-state index in [4.69, 9.17) is 16.9 Å². The minimum absolute atomic E-state index is 0.0978. The van der Waals surface area contributed by atoms with Crippen LogP contribution in [0.2, 0.25) is 5.02 Å². The van der Waals surface area contributed by atoms with Gasteiger partial charge in [-0.25, -0.2) is 4.98 Å². The van der Waals surface area contributed by atoms with Gasteiger partial charge in [-0.1, -0.05) is 29.4 Å². The lowest BCUT2D eigenvalue weighted by atomic mass is 10.2. The largest absolute Gasteiger partial charge is 0.283 e. The van der Waals surface area contributed by atoms with E-state index in [1.54, 1.807) is 28.8 Å². The Labute approximate surface area is 132 Å². The molecule has 0 radical (unpaired) electrons. The smallest absolute Gasteiger partial charge is 0.262 e. The average molecular weight is 320 g/mol. The van der Waals surface area contributed by atoms with Crippen molar-refractivity contribution in [3.63, 3.8) is 0 Å². The van der Waals surface area contributed by atoms with Crippen molar-refractivity contribution in [2.24, 2.45) is 0 Å². The molecular weight excluding hydrogens is 306 g/mol. The standard InChI is InChI=1S/C15H14ClN3OS/c1-2-8-19-14(20)12-6-5-11(16)10-13(12)18-15(19)21-9-4-3-7-17/h2,5-6,10H,1,3-4,8-9H2. The summed E-state index contributed by atoms with van der Waals surface area (Å²) in [6.45, 7) is 4.09. The number of nitriles is 1. The third-order valence-electron chi connectivity index (χ3n) is 2.86. The van der Waals surface area contributed by atoms with E-state index in [1.165, 1.54) is 11.8 Å². The van der Waals surface area contributed by atoms with Crippen molar-refractivity contribution >= 4 is 34.3 Å². The molecule has 1 aromatic carbocycles. The molecule has 0 spiro atoms. The molecule has 0 atom stereocenters. The van der Waals surface area contributed by atoms with E-state index < -0.39 is 0 Å². The molecule has 0 aliphatic heterocycles. The summed E-state index contributed by atoms with van der Waals surface area (Å²) in [5.41, 5.74) is 0.495. The second-order valence-corrected chi connectivity index (χ2v) is 5.87. The summed E-state index contributed by atoms with van der Waals surface area (Å²) in [7, 11) is 0. The topological polar surface area (TPSA) is 58.7 Å². The molecule has 0 saturated carbocycles. The first kappa shape index (κ1) is 15.6. The average Bonchev–Trinajstić information content (AvgIpc) is 2.47. The Morgan fingerprint density at radius 3 is 3.05 bits per heavy atom. The zero-order chi connectivity index (χ0) is 15.2. The fourth-order valence-corrected chi connectivity index (χ4v) is 3.00. The highest BCUT2D eigenvalue weighted by atomic mass is 35.5. The monoisotopic (exact) mass is 319 g/mol. The van der Waals surface area contributed by atoms with E-state index in [0.29, 0.717) is 34.0 Å². The number of allylic oxidation sites excluding steroid dienone is 1. The number of rotatable bonds is 6. The lowest BCUT2D eigenvalue weighted by molar-refractivity contribution is 0.671. The van der Waals surface area contributed by atoms with Crippen LogP contribution in [0.3, 0.4) is 0 Å². The summed E-state index contributed by atoms with van der Waals surface area (Å²) >= 11 is 7.43. The Kier molecular flexibility index (Phi) is 5.43. The molecule has 0 fully saturated rings. The number of fused-ring (bicyclic) bond motifs is 1. The van der Waals surface area contributed by atoms with Crippen LogP contribution in [0.4, 0.5) is 0 Å². The van der Waals surface area contributed by atoms with Crippen molar-refractivity contribution in [1.29, 1.82) is 5.26 Å². The maximum absolute atomic E-state index is 12.5. The van der Waals surface area contributed by atoms with Crippen molar-refractivity contribution in [3.05, 3.63) is 46.2 Å². The van der Waals surface area contributed by atoms with E-state index in [0.717, 1.165) is 12.2 Å². The Balaban J connectivity index is 2.45. The van der Waals surface area contributed by atoms with E-state index in [9.17, 15) is 4.79 Å². The maximum Gasteiger partial charge on any atom is 0.262 e. The van der Waals surface area contributed by atoms with Crippen LogP contribution in [0.15, 0.2) is 40.8 Å². The summed E-state index contributed by atoms with van der Waals surface area (Å²) < 4.78 is 1.60. The molecule has 6 heteroatoms. The SMILES string of the molecule is C=CCn1c(SCCCC#N)nc2cc(Cl)ccc2c1=O. The lowest BCUT2D eigenvalue weighted by Gasteiger charge is -2.11. The zero-order valence-electron chi connectivity index (χ0n) is 11.4. The second kappa shape index (κ2) is 7.30. The first-order chi connectivity index (χ1) is 10.2. The van der Waals surface area contributed by atoms with Crippen LogP contribution in [-0.4, -0.2) is 15.3 Å². The molecule has 0 amide bonds. The van der Waals surface area contributed by atoms with Crippen LogP contribution in [0, 0.1) is 11.3 Å². The third-order valence-corrected chi connectivity index (χ3v) is 4.16. The maximum atomic E-state index is 12.5. The lowest BCUT2D eigenvalue weighted by Crippen LogP contribution is -2.22. The van der Waals surface area contributed by atoms with Gasteiger partial charge in [0.05, 0.1) is 17.0 Å². The number of benzene rings is 1. The number of nitrogens with zero attached hydrogens (tertiary/aromatic N) is 3. The van der Waals surface area contributed by atoms with Crippen molar-refractivity contribution in [2.75, 3.05) is 5.75 Å². The van der Waals surface area contributed by atoms with Crippen LogP contribution in [0.5, 0.6) is 0 Å². The van der Waals surface area contributed by atoms with Crippen LogP contribution in [0.25, 0.3) is 10.9 Å². The van der Waals surface area contributed by atoms with Crippen LogP contribution < -0.4 is 5.56 Å². The van der Waals surface area contributed by atoms with Crippen LogP contribution in [-0.2, 0) is 6.54 Å². The Morgan fingerprint density at radius 2 is 2.33 bits per heavy atom. The first-order valence-electron chi connectivity index (χ1n) is 6.48. The van der Waals surface area contributed by atoms with Gasteiger partial charge in [-0.2, -0.15) is 5.26 Å². The van der Waals surface area contributed by atoms with Gasteiger partial charge in [-0.15, -0.1) is 6.58 Å². The Bertz CT molecular complexity index is 764. The minimum Gasteiger partial charge on any atom is -0.283 e. The molecule has 1 aromatic heterocycles. The van der Waals surface area contributed by atoms with E-state index in [-0.39, 0.29) is 5.56 Å². The van der Waals surface area contributed by atoms with Gasteiger partial charge in [0.2, 0.25) is 0 Å². The predicted molar refractivity (Wildman–Crippen MR) is 86.8 cm³/mol. The summed E-state index contributed by atoms with van der Waals surface area (Å²) in [6.07, 6.45) is 2.93. The molecular formula is C15H14ClN3OS. The molecule has 2 rings (SSSR count). The Morgan fingerprint density at radius 1 is 1.52 bits per heavy atom. The number of hydrogen-bond donors (Lipinski definition) is 0. The van der Waals surface area contributed by atoms with Crippen LogP contribution >= 0.6 is 23.4 Å². The van der Waals surface area contributed by atoms with Gasteiger partial charge in [0.15, 0.2) is 5.16 Å². The molecule has 0 N–H and O–H groups in total.